The van der Waals surface area contributed by atoms with Crippen molar-refractivity contribution in [1.29, 1.82) is 0 Å². The third-order valence-corrected chi connectivity index (χ3v) is 2.02. The molecule has 0 spiro atoms. The van der Waals surface area contributed by atoms with Crippen LogP contribution in [0.25, 0.3) is 0 Å². The quantitative estimate of drug-likeness (QED) is 0.599. The van der Waals surface area contributed by atoms with Gasteiger partial charge in [0.15, 0.2) is 0 Å². The van der Waals surface area contributed by atoms with E-state index in [4.69, 9.17) is 0 Å². The second-order valence-electron chi connectivity index (χ2n) is 4.29. The standard InChI is InChI=1S/C10H24N2/c1-10(2)6-7-12(5)9-8-11(3)4/h10H,6-9H2,1-5H3. The zero-order valence-electron chi connectivity index (χ0n) is 9.30. The SMILES string of the molecule is CC(C)CCN(C)CCN(C)C. The zero-order valence-corrected chi connectivity index (χ0v) is 9.30. The van der Waals surface area contributed by atoms with Crippen LogP contribution in [0.1, 0.15) is 20.3 Å². The smallest absolute Gasteiger partial charge is 0.0106 e. The van der Waals surface area contributed by atoms with E-state index >= 15 is 0 Å². The number of rotatable bonds is 6. The van der Waals surface area contributed by atoms with E-state index in [1.54, 1.807) is 0 Å². The number of likely N-dealkylation sites (N-methyl/N-ethyl adjacent to an activating group) is 2. The number of hydrogen-bond acceptors (Lipinski definition) is 2. The van der Waals surface area contributed by atoms with E-state index in [0.717, 1.165) is 12.5 Å². The Bertz CT molecular complexity index is 88.0. The zero-order chi connectivity index (χ0) is 9.56. The normalized spacial score (nSPS) is 12.0. The molecule has 0 aliphatic rings. The van der Waals surface area contributed by atoms with Crippen molar-refractivity contribution in [1.82, 2.24) is 9.80 Å². The van der Waals surface area contributed by atoms with E-state index < -0.39 is 0 Å². The Morgan fingerprint density at radius 1 is 0.917 bits per heavy atom. The Hall–Kier alpha value is -0.0800. The van der Waals surface area contributed by atoms with Crippen molar-refractivity contribution in [2.24, 2.45) is 5.92 Å². The van der Waals surface area contributed by atoms with Crippen molar-refractivity contribution in [3.63, 3.8) is 0 Å². The molecule has 0 unspecified atom stereocenters. The predicted molar refractivity (Wildman–Crippen MR) is 55.5 cm³/mol. The van der Waals surface area contributed by atoms with Crippen LogP contribution < -0.4 is 0 Å². The molecule has 0 aliphatic carbocycles. The first kappa shape index (κ1) is 11.9. The lowest BCUT2D eigenvalue weighted by molar-refractivity contribution is 0.269. The summed E-state index contributed by atoms with van der Waals surface area (Å²) in [7, 11) is 6.44. The highest BCUT2D eigenvalue weighted by atomic mass is 15.1. The van der Waals surface area contributed by atoms with Crippen LogP contribution in [0.15, 0.2) is 0 Å². The van der Waals surface area contributed by atoms with Crippen LogP contribution in [0.2, 0.25) is 0 Å². The summed E-state index contributed by atoms with van der Waals surface area (Å²) in [6, 6.07) is 0. The second kappa shape index (κ2) is 6.44. The van der Waals surface area contributed by atoms with Crippen LogP contribution in [0.4, 0.5) is 0 Å². The lowest BCUT2D eigenvalue weighted by atomic mass is 10.1. The minimum atomic E-state index is 0.826. The number of nitrogens with zero attached hydrogens (tertiary/aromatic N) is 2. The Balaban J connectivity index is 3.27. The average molecular weight is 172 g/mol. The van der Waals surface area contributed by atoms with Crippen LogP contribution in [0, 0.1) is 5.92 Å². The summed E-state index contributed by atoms with van der Waals surface area (Å²) in [6.07, 6.45) is 1.31. The fourth-order valence-corrected chi connectivity index (χ4v) is 0.961. The maximum Gasteiger partial charge on any atom is 0.0106 e. The van der Waals surface area contributed by atoms with Gasteiger partial charge in [0.25, 0.3) is 0 Å². The molecular formula is C10H24N2. The van der Waals surface area contributed by atoms with Gasteiger partial charge in [-0.25, -0.2) is 0 Å². The van der Waals surface area contributed by atoms with Gasteiger partial charge in [-0.05, 0) is 40.0 Å². The monoisotopic (exact) mass is 172 g/mol. The first-order valence-corrected chi connectivity index (χ1v) is 4.85. The van der Waals surface area contributed by atoms with Crippen LogP contribution >= 0.6 is 0 Å². The van der Waals surface area contributed by atoms with E-state index in [9.17, 15) is 0 Å². The van der Waals surface area contributed by atoms with Crippen LogP contribution in [0.5, 0.6) is 0 Å². The van der Waals surface area contributed by atoms with Gasteiger partial charge in [0, 0.05) is 13.1 Å². The molecule has 0 saturated heterocycles. The summed E-state index contributed by atoms with van der Waals surface area (Å²) in [5, 5.41) is 0. The molecule has 0 atom stereocenters. The van der Waals surface area contributed by atoms with Gasteiger partial charge >= 0.3 is 0 Å². The van der Waals surface area contributed by atoms with Gasteiger partial charge < -0.3 is 9.80 Å². The summed E-state index contributed by atoms with van der Waals surface area (Å²) >= 11 is 0. The van der Waals surface area contributed by atoms with Crippen molar-refractivity contribution in [2.75, 3.05) is 40.8 Å². The van der Waals surface area contributed by atoms with E-state index in [1.807, 2.05) is 0 Å². The van der Waals surface area contributed by atoms with Gasteiger partial charge in [-0.3, -0.25) is 0 Å². The minimum Gasteiger partial charge on any atom is -0.308 e. The van der Waals surface area contributed by atoms with Crippen LogP contribution in [0.3, 0.4) is 0 Å². The van der Waals surface area contributed by atoms with E-state index in [1.165, 1.54) is 19.5 Å². The minimum absolute atomic E-state index is 0.826. The van der Waals surface area contributed by atoms with Gasteiger partial charge in [0.2, 0.25) is 0 Å². The first-order valence-electron chi connectivity index (χ1n) is 4.85. The molecule has 0 heterocycles. The topological polar surface area (TPSA) is 6.48 Å². The first-order chi connectivity index (χ1) is 5.52. The molecule has 0 N–H and O–H groups in total. The highest BCUT2D eigenvalue weighted by molar-refractivity contribution is 4.55. The molecule has 0 rings (SSSR count). The third kappa shape index (κ3) is 8.02. The van der Waals surface area contributed by atoms with Gasteiger partial charge in [-0.15, -0.1) is 0 Å². The molecule has 74 valence electrons. The lowest BCUT2D eigenvalue weighted by Gasteiger charge is -2.19. The van der Waals surface area contributed by atoms with Crippen molar-refractivity contribution in [3.05, 3.63) is 0 Å². The van der Waals surface area contributed by atoms with Gasteiger partial charge in [-0.1, -0.05) is 13.8 Å². The molecule has 2 heteroatoms. The maximum absolute atomic E-state index is 2.40. The van der Waals surface area contributed by atoms with Gasteiger partial charge in [0.05, 0.1) is 0 Å². The van der Waals surface area contributed by atoms with Crippen molar-refractivity contribution >= 4 is 0 Å². The fraction of sp³-hybridized carbons (Fsp3) is 1.00. The summed E-state index contributed by atoms with van der Waals surface area (Å²) in [4.78, 5) is 4.63. The average Bonchev–Trinajstić information content (AvgIpc) is 1.96. The maximum atomic E-state index is 2.40. The van der Waals surface area contributed by atoms with Crippen molar-refractivity contribution < 1.29 is 0 Å². The van der Waals surface area contributed by atoms with Crippen molar-refractivity contribution in [2.45, 2.75) is 20.3 Å². The summed E-state index contributed by atoms with van der Waals surface area (Å²) in [5.74, 6) is 0.826. The Morgan fingerprint density at radius 2 is 1.50 bits per heavy atom. The lowest BCUT2D eigenvalue weighted by Crippen LogP contribution is -2.29. The Kier molecular flexibility index (Phi) is 6.39. The van der Waals surface area contributed by atoms with Gasteiger partial charge in [-0.2, -0.15) is 0 Å². The van der Waals surface area contributed by atoms with Gasteiger partial charge in [0.1, 0.15) is 0 Å². The Morgan fingerprint density at radius 3 is 1.92 bits per heavy atom. The van der Waals surface area contributed by atoms with Crippen LogP contribution in [-0.4, -0.2) is 50.6 Å². The molecule has 12 heavy (non-hydrogen) atoms. The largest absolute Gasteiger partial charge is 0.308 e. The molecule has 0 aromatic carbocycles. The molecule has 2 nitrogen and oxygen atoms in total. The fourth-order valence-electron chi connectivity index (χ4n) is 0.961. The highest BCUT2D eigenvalue weighted by Crippen LogP contribution is 1.99. The molecule has 0 radical (unpaired) electrons. The van der Waals surface area contributed by atoms with Crippen LogP contribution in [-0.2, 0) is 0 Å². The highest BCUT2D eigenvalue weighted by Gasteiger charge is 2.00. The third-order valence-electron chi connectivity index (χ3n) is 2.02. The molecule has 0 fully saturated rings. The van der Waals surface area contributed by atoms with E-state index in [-0.39, 0.29) is 0 Å². The second-order valence-corrected chi connectivity index (χ2v) is 4.29. The van der Waals surface area contributed by atoms with Crippen molar-refractivity contribution in [3.8, 4) is 0 Å². The molecular weight excluding hydrogens is 148 g/mol. The molecule has 0 amide bonds. The predicted octanol–water partition coefficient (Wildman–Crippen LogP) is 1.53. The molecule has 0 aromatic heterocycles. The summed E-state index contributed by atoms with van der Waals surface area (Å²) in [5.41, 5.74) is 0. The molecule has 0 saturated carbocycles. The molecule has 0 aromatic rings. The summed E-state index contributed by atoms with van der Waals surface area (Å²) < 4.78 is 0. The van der Waals surface area contributed by atoms with E-state index in [0.29, 0.717) is 0 Å². The number of hydrogen-bond donors (Lipinski definition) is 0. The Labute approximate surface area is 77.5 Å². The molecule has 0 bridgehead atoms. The van der Waals surface area contributed by atoms with E-state index in [2.05, 4.69) is 44.8 Å². The summed E-state index contributed by atoms with van der Waals surface area (Å²) in [6.45, 7) is 8.12. The molecule has 0 aliphatic heterocycles.